The zero-order valence-electron chi connectivity index (χ0n) is 14.5. The van der Waals surface area contributed by atoms with E-state index in [2.05, 4.69) is 27.5 Å². The molecule has 2 aliphatic carbocycles. The zero-order valence-corrected chi connectivity index (χ0v) is 14.5. The Bertz CT molecular complexity index is 688. The molecular weight excluding hydrogens is 316 g/mol. The van der Waals surface area contributed by atoms with Gasteiger partial charge >= 0.3 is 6.03 Å². The molecule has 3 amide bonds. The minimum Gasteiger partial charge on any atom is -0.338 e. The molecule has 0 bridgehead atoms. The fraction of sp³-hybridized carbons (Fsp3) is 0.474. The van der Waals surface area contributed by atoms with Gasteiger partial charge in [-0.05, 0) is 38.2 Å². The summed E-state index contributed by atoms with van der Waals surface area (Å²) in [6, 6.07) is -0.131. The maximum atomic E-state index is 12.4. The molecule has 6 nitrogen and oxygen atoms in total. The fourth-order valence-corrected chi connectivity index (χ4v) is 3.17. The van der Waals surface area contributed by atoms with E-state index in [0.717, 1.165) is 19.3 Å². The van der Waals surface area contributed by atoms with Crippen molar-refractivity contribution in [3.63, 3.8) is 0 Å². The summed E-state index contributed by atoms with van der Waals surface area (Å²) in [7, 11) is 0. The monoisotopic (exact) mass is 340 g/mol. The number of nitrogens with one attached hydrogen (secondary N) is 1. The van der Waals surface area contributed by atoms with Gasteiger partial charge in [-0.2, -0.15) is 4.99 Å². The quantitative estimate of drug-likeness (QED) is 0.781. The molecule has 1 N–H and O–H groups in total. The third kappa shape index (κ3) is 4.32. The average Bonchev–Trinajstić information content (AvgIpc) is 2.65. The van der Waals surface area contributed by atoms with Gasteiger partial charge in [0.1, 0.15) is 5.92 Å². The Morgan fingerprint density at radius 1 is 1.32 bits per heavy atom. The van der Waals surface area contributed by atoms with Gasteiger partial charge in [0.05, 0.1) is 12.3 Å². The normalized spacial score (nSPS) is 24.4. The molecule has 1 aliphatic heterocycles. The predicted octanol–water partition coefficient (Wildman–Crippen LogP) is 2.50. The number of nitrogens with zero attached hydrogens (tertiary/aromatic N) is 3. The first kappa shape index (κ1) is 17.3. The SMILES string of the molecule is CCN(CC1=NC(=O)C2C=CC=CC2=N1)C(=O)NCC1CC=CCC1. The van der Waals surface area contributed by atoms with E-state index < -0.39 is 0 Å². The standard InChI is InChI=1S/C19H24N4O2/c1-2-23(19(25)20-12-14-8-4-3-5-9-14)13-17-21-16-11-7-6-10-15(16)18(24)22-17/h3-4,6-7,10-11,14-15H,2,5,8-9,12-13H2,1H3,(H,20,25). The summed E-state index contributed by atoms with van der Waals surface area (Å²) in [4.78, 5) is 34.7. The summed E-state index contributed by atoms with van der Waals surface area (Å²) in [5.74, 6) is 0.304. The van der Waals surface area contributed by atoms with Crippen LogP contribution in [0.2, 0.25) is 0 Å². The number of aliphatic imine (C=N–C) groups is 2. The first-order valence-electron chi connectivity index (χ1n) is 8.90. The van der Waals surface area contributed by atoms with Crippen LogP contribution in [-0.2, 0) is 4.79 Å². The molecule has 0 saturated heterocycles. The number of carbonyl (C=O) groups excluding carboxylic acids is 2. The Morgan fingerprint density at radius 2 is 2.20 bits per heavy atom. The lowest BCUT2D eigenvalue weighted by molar-refractivity contribution is -0.118. The van der Waals surface area contributed by atoms with Crippen molar-refractivity contribution in [1.29, 1.82) is 0 Å². The van der Waals surface area contributed by atoms with Crippen LogP contribution < -0.4 is 5.32 Å². The number of urea groups is 1. The third-order valence-corrected chi connectivity index (χ3v) is 4.68. The van der Waals surface area contributed by atoms with Crippen LogP contribution in [0.3, 0.4) is 0 Å². The lowest BCUT2D eigenvalue weighted by atomic mass is 9.94. The molecule has 1 heterocycles. The van der Waals surface area contributed by atoms with E-state index >= 15 is 0 Å². The van der Waals surface area contributed by atoms with Gasteiger partial charge in [0.15, 0.2) is 5.84 Å². The first-order chi connectivity index (χ1) is 12.2. The van der Waals surface area contributed by atoms with Crippen molar-refractivity contribution < 1.29 is 9.59 Å². The van der Waals surface area contributed by atoms with Gasteiger partial charge in [-0.25, -0.2) is 9.79 Å². The third-order valence-electron chi connectivity index (χ3n) is 4.68. The van der Waals surface area contributed by atoms with Gasteiger partial charge in [-0.15, -0.1) is 0 Å². The van der Waals surface area contributed by atoms with E-state index in [9.17, 15) is 9.59 Å². The number of rotatable bonds is 5. The van der Waals surface area contributed by atoms with E-state index in [-0.39, 0.29) is 24.4 Å². The molecule has 6 heteroatoms. The number of likely N-dealkylation sites (N-methyl/N-ethyl adjacent to an activating group) is 1. The summed E-state index contributed by atoms with van der Waals surface area (Å²) in [6.45, 7) is 3.36. The molecule has 3 aliphatic rings. The molecule has 0 aromatic carbocycles. The second-order valence-electron chi connectivity index (χ2n) is 6.48. The fourth-order valence-electron chi connectivity index (χ4n) is 3.17. The maximum Gasteiger partial charge on any atom is 0.317 e. The van der Waals surface area contributed by atoms with Crippen LogP contribution >= 0.6 is 0 Å². The van der Waals surface area contributed by atoms with E-state index in [1.807, 2.05) is 25.2 Å². The summed E-state index contributed by atoms with van der Waals surface area (Å²) in [6.07, 6.45) is 14.9. The van der Waals surface area contributed by atoms with Crippen molar-refractivity contribution in [2.24, 2.45) is 21.8 Å². The molecular formula is C19H24N4O2. The van der Waals surface area contributed by atoms with Crippen LogP contribution in [0.4, 0.5) is 4.79 Å². The highest BCUT2D eigenvalue weighted by atomic mass is 16.2. The largest absolute Gasteiger partial charge is 0.338 e. The summed E-state index contributed by atoms with van der Waals surface area (Å²) < 4.78 is 0. The Labute approximate surface area is 148 Å². The molecule has 132 valence electrons. The van der Waals surface area contributed by atoms with Gasteiger partial charge in [-0.3, -0.25) is 4.79 Å². The molecule has 0 spiro atoms. The van der Waals surface area contributed by atoms with Gasteiger partial charge in [0, 0.05) is 13.1 Å². The van der Waals surface area contributed by atoms with Crippen LogP contribution in [0.25, 0.3) is 0 Å². The number of carbonyl (C=O) groups is 2. The minimum absolute atomic E-state index is 0.131. The molecule has 2 unspecified atom stereocenters. The number of allylic oxidation sites excluding steroid dienone is 5. The van der Waals surface area contributed by atoms with Crippen molar-refractivity contribution in [3.8, 4) is 0 Å². The van der Waals surface area contributed by atoms with Crippen LogP contribution in [0.15, 0.2) is 46.4 Å². The zero-order chi connectivity index (χ0) is 17.6. The molecule has 25 heavy (non-hydrogen) atoms. The Kier molecular flexibility index (Phi) is 5.58. The summed E-state index contributed by atoms with van der Waals surface area (Å²) in [5, 5.41) is 3.00. The van der Waals surface area contributed by atoms with E-state index in [1.54, 1.807) is 11.0 Å². The van der Waals surface area contributed by atoms with Crippen molar-refractivity contribution in [2.45, 2.75) is 26.2 Å². The van der Waals surface area contributed by atoms with Crippen LogP contribution in [0, 0.1) is 11.8 Å². The van der Waals surface area contributed by atoms with Gasteiger partial charge in [-0.1, -0.05) is 30.4 Å². The molecule has 0 fully saturated rings. The van der Waals surface area contributed by atoms with Crippen molar-refractivity contribution in [3.05, 3.63) is 36.5 Å². The number of hydrogen-bond donors (Lipinski definition) is 1. The van der Waals surface area contributed by atoms with Crippen LogP contribution in [0.1, 0.15) is 26.2 Å². The highest BCUT2D eigenvalue weighted by Gasteiger charge is 2.27. The van der Waals surface area contributed by atoms with Crippen molar-refractivity contribution >= 4 is 23.5 Å². The number of amidine groups is 1. The number of amides is 3. The Morgan fingerprint density at radius 3 is 2.96 bits per heavy atom. The lowest BCUT2D eigenvalue weighted by Gasteiger charge is -2.25. The summed E-state index contributed by atoms with van der Waals surface area (Å²) >= 11 is 0. The Hall–Kier alpha value is -2.50. The molecule has 2 atom stereocenters. The second kappa shape index (κ2) is 8.05. The van der Waals surface area contributed by atoms with E-state index in [4.69, 9.17) is 0 Å². The average molecular weight is 340 g/mol. The van der Waals surface area contributed by atoms with E-state index in [1.165, 1.54) is 0 Å². The van der Waals surface area contributed by atoms with Gasteiger partial charge in [0.25, 0.3) is 5.91 Å². The molecule has 3 rings (SSSR count). The maximum absolute atomic E-state index is 12.4. The Balaban J connectivity index is 1.58. The molecule has 0 aromatic heterocycles. The highest BCUT2D eigenvalue weighted by Crippen LogP contribution is 2.18. The topological polar surface area (TPSA) is 74.1 Å². The number of fused-ring (bicyclic) bond motifs is 1. The van der Waals surface area contributed by atoms with Gasteiger partial charge < -0.3 is 10.2 Å². The molecule has 0 aromatic rings. The predicted molar refractivity (Wildman–Crippen MR) is 98.8 cm³/mol. The van der Waals surface area contributed by atoms with E-state index in [0.29, 0.717) is 30.6 Å². The van der Waals surface area contributed by atoms with Crippen molar-refractivity contribution in [1.82, 2.24) is 10.2 Å². The van der Waals surface area contributed by atoms with Crippen molar-refractivity contribution in [2.75, 3.05) is 19.6 Å². The highest BCUT2D eigenvalue weighted by molar-refractivity contribution is 6.21. The van der Waals surface area contributed by atoms with Crippen LogP contribution in [-0.4, -0.2) is 48.0 Å². The van der Waals surface area contributed by atoms with Crippen LogP contribution in [0.5, 0.6) is 0 Å². The first-order valence-corrected chi connectivity index (χ1v) is 8.90. The molecule has 0 radical (unpaired) electrons. The number of hydrogen-bond acceptors (Lipinski definition) is 3. The smallest absolute Gasteiger partial charge is 0.317 e. The second-order valence-corrected chi connectivity index (χ2v) is 6.48. The minimum atomic E-state index is -0.378. The molecule has 0 saturated carbocycles. The summed E-state index contributed by atoms with van der Waals surface area (Å²) in [5.41, 5.74) is 0.697. The lowest BCUT2D eigenvalue weighted by Crippen LogP contribution is -2.44. The van der Waals surface area contributed by atoms with Gasteiger partial charge in [0.2, 0.25) is 0 Å².